The summed E-state index contributed by atoms with van der Waals surface area (Å²) in [5.41, 5.74) is 0. The first-order valence-electron chi connectivity index (χ1n) is 5.95. The maximum Gasteiger partial charge on any atom is 0.389 e. The minimum Gasteiger partial charge on any atom is -0.303 e. The Hall–Kier alpha value is 0.1000. The third-order valence-electron chi connectivity index (χ3n) is 2.78. The van der Waals surface area contributed by atoms with Crippen LogP contribution >= 0.6 is 11.8 Å². The first-order valence-corrected chi connectivity index (χ1v) is 7.10. The molecule has 0 aromatic rings. The van der Waals surface area contributed by atoms with E-state index in [0.717, 1.165) is 25.4 Å². The average molecular weight is 255 g/mol. The first kappa shape index (κ1) is 14.2. The van der Waals surface area contributed by atoms with Crippen LogP contribution in [-0.4, -0.2) is 42.2 Å². The molecule has 96 valence electrons. The highest BCUT2D eigenvalue weighted by Gasteiger charge is 2.26. The lowest BCUT2D eigenvalue weighted by Gasteiger charge is -2.19. The fourth-order valence-electron chi connectivity index (χ4n) is 1.84. The van der Waals surface area contributed by atoms with Crippen molar-refractivity contribution in [2.24, 2.45) is 0 Å². The minimum absolute atomic E-state index is 0.206. The summed E-state index contributed by atoms with van der Waals surface area (Å²) in [6.45, 7) is 3.20. The Morgan fingerprint density at radius 1 is 0.938 bits per heavy atom. The van der Waals surface area contributed by atoms with E-state index in [1.807, 2.05) is 0 Å². The van der Waals surface area contributed by atoms with Crippen molar-refractivity contribution in [2.45, 2.75) is 38.3 Å². The van der Waals surface area contributed by atoms with Crippen LogP contribution in [0.2, 0.25) is 0 Å². The zero-order valence-electron chi connectivity index (χ0n) is 9.56. The van der Waals surface area contributed by atoms with Crippen molar-refractivity contribution in [1.82, 2.24) is 4.90 Å². The second-order valence-electron chi connectivity index (χ2n) is 4.23. The Labute approximate surface area is 99.8 Å². The molecule has 0 aromatic heterocycles. The van der Waals surface area contributed by atoms with Crippen molar-refractivity contribution >= 4 is 11.8 Å². The molecule has 0 amide bonds. The Kier molecular flexibility index (Phi) is 6.58. The number of likely N-dealkylation sites (tertiary alicyclic amines) is 1. The van der Waals surface area contributed by atoms with Gasteiger partial charge in [0, 0.05) is 18.1 Å². The van der Waals surface area contributed by atoms with Crippen LogP contribution in [0.1, 0.15) is 32.1 Å². The lowest BCUT2D eigenvalue weighted by Crippen LogP contribution is -2.27. The molecule has 1 saturated heterocycles. The largest absolute Gasteiger partial charge is 0.389 e. The fourth-order valence-corrected chi connectivity index (χ4v) is 2.81. The van der Waals surface area contributed by atoms with Crippen LogP contribution in [0.4, 0.5) is 13.2 Å². The van der Waals surface area contributed by atoms with E-state index < -0.39 is 12.6 Å². The van der Waals surface area contributed by atoms with E-state index in [1.165, 1.54) is 37.4 Å². The predicted octanol–water partition coefficient (Wildman–Crippen LogP) is 3.55. The molecule has 1 fully saturated rings. The number of halogens is 3. The quantitative estimate of drug-likeness (QED) is 0.691. The minimum atomic E-state index is -3.99. The van der Waals surface area contributed by atoms with Crippen LogP contribution in [0, 0.1) is 0 Å². The SMILES string of the molecule is FC(F)(F)CCSCCN1CCCCCC1. The molecule has 0 aromatic carbocycles. The van der Waals surface area contributed by atoms with Gasteiger partial charge >= 0.3 is 6.18 Å². The van der Waals surface area contributed by atoms with E-state index >= 15 is 0 Å². The molecule has 0 spiro atoms. The molecule has 0 atom stereocenters. The Morgan fingerprint density at radius 3 is 2.12 bits per heavy atom. The summed E-state index contributed by atoms with van der Waals surface area (Å²) in [6, 6.07) is 0. The van der Waals surface area contributed by atoms with Gasteiger partial charge in [0.15, 0.2) is 0 Å². The molecule has 0 unspecified atom stereocenters. The zero-order chi connectivity index (χ0) is 11.9. The summed E-state index contributed by atoms with van der Waals surface area (Å²) in [7, 11) is 0. The Morgan fingerprint density at radius 2 is 1.56 bits per heavy atom. The molecule has 0 bridgehead atoms. The molecule has 1 nitrogen and oxygen atoms in total. The van der Waals surface area contributed by atoms with Crippen LogP contribution in [-0.2, 0) is 0 Å². The van der Waals surface area contributed by atoms with Crippen LogP contribution in [0.25, 0.3) is 0 Å². The van der Waals surface area contributed by atoms with Gasteiger partial charge in [0.1, 0.15) is 0 Å². The Balaban J connectivity index is 1.97. The highest BCUT2D eigenvalue weighted by molar-refractivity contribution is 7.99. The van der Waals surface area contributed by atoms with Crippen LogP contribution in [0.5, 0.6) is 0 Å². The molecular weight excluding hydrogens is 235 g/mol. The van der Waals surface area contributed by atoms with Crippen molar-refractivity contribution in [3.8, 4) is 0 Å². The molecule has 0 saturated carbocycles. The third-order valence-corrected chi connectivity index (χ3v) is 3.74. The normalized spacial score (nSPS) is 19.7. The smallest absolute Gasteiger partial charge is 0.303 e. The number of rotatable bonds is 5. The summed E-state index contributed by atoms with van der Waals surface area (Å²) in [5, 5.41) is 0. The fraction of sp³-hybridized carbons (Fsp3) is 1.00. The average Bonchev–Trinajstić information content (AvgIpc) is 2.44. The maximum absolute atomic E-state index is 11.9. The molecule has 0 radical (unpaired) electrons. The maximum atomic E-state index is 11.9. The molecule has 1 aliphatic rings. The highest BCUT2D eigenvalue weighted by Crippen LogP contribution is 2.22. The molecular formula is C11H20F3NS. The van der Waals surface area contributed by atoms with Gasteiger partial charge in [0.25, 0.3) is 0 Å². The second-order valence-corrected chi connectivity index (χ2v) is 5.46. The monoisotopic (exact) mass is 255 g/mol. The van der Waals surface area contributed by atoms with E-state index in [4.69, 9.17) is 0 Å². The predicted molar refractivity (Wildman–Crippen MR) is 62.9 cm³/mol. The van der Waals surface area contributed by atoms with Gasteiger partial charge in [-0.15, -0.1) is 0 Å². The number of hydrogen-bond donors (Lipinski definition) is 0. The lowest BCUT2D eigenvalue weighted by atomic mass is 10.2. The van der Waals surface area contributed by atoms with E-state index in [2.05, 4.69) is 4.90 Å². The number of alkyl halides is 3. The van der Waals surface area contributed by atoms with E-state index in [0.29, 0.717) is 0 Å². The molecule has 0 N–H and O–H groups in total. The van der Waals surface area contributed by atoms with E-state index in [1.54, 1.807) is 0 Å². The molecule has 1 heterocycles. The molecule has 16 heavy (non-hydrogen) atoms. The van der Waals surface area contributed by atoms with Crippen LogP contribution in [0.3, 0.4) is 0 Å². The zero-order valence-corrected chi connectivity index (χ0v) is 10.4. The first-order chi connectivity index (χ1) is 7.58. The second kappa shape index (κ2) is 7.43. The summed E-state index contributed by atoms with van der Waals surface area (Å²) in [6.07, 6.45) is 0.448. The molecule has 1 aliphatic heterocycles. The van der Waals surface area contributed by atoms with Gasteiger partial charge in [0.2, 0.25) is 0 Å². The third kappa shape index (κ3) is 7.39. The van der Waals surface area contributed by atoms with Crippen LogP contribution < -0.4 is 0 Å². The summed E-state index contributed by atoms with van der Waals surface area (Å²) in [4.78, 5) is 2.38. The standard InChI is InChI=1S/C11H20F3NS/c12-11(13,14)5-9-16-10-8-15-6-3-1-2-4-7-15/h1-10H2. The van der Waals surface area contributed by atoms with Gasteiger partial charge in [-0.2, -0.15) is 24.9 Å². The molecule has 1 rings (SSSR count). The van der Waals surface area contributed by atoms with Gasteiger partial charge in [-0.1, -0.05) is 12.8 Å². The van der Waals surface area contributed by atoms with Crippen molar-refractivity contribution in [1.29, 1.82) is 0 Å². The van der Waals surface area contributed by atoms with Gasteiger partial charge in [0.05, 0.1) is 6.42 Å². The van der Waals surface area contributed by atoms with Crippen molar-refractivity contribution < 1.29 is 13.2 Å². The number of hydrogen-bond acceptors (Lipinski definition) is 2. The van der Waals surface area contributed by atoms with Crippen molar-refractivity contribution in [3.63, 3.8) is 0 Å². The van der Waals surface area contributed by atoms with E-state index in [-0.39, 0.29) is 5.75 Å². The van der Waals surface area contributed by atoms with Gasteiger partial charge in [-0.3, -0.25) is 0 Å². The molecule has 5 heteroatoms. The van der Waals surface area contributed by atoms with Gasteiger partial charge in [-0.25, -0.2) is 0 Å². The Bertz CT molecular complexity index is 177. The lowest BCUT2D eigenvalue weighted by molar-refractivity contribution is -0.129. The number of thioether (sulfide) groups is 1. The van der Waals surface area contributed by atoms with E-state index in [9.17, 15) is 13.2 Å². The molecule has 0 aliphatic carbocycles. The summed E-state index contributed by atoms with van der Waals surface area (Å²) >= 11 is 1.42. The van der Waals surface area contributed by atoms with Crippen molar-refractivity contribution in [3.05, 3.63) is 0 Å². The summed E-state index contributed by atoms with van der Waals surface area (Å²) < 4.78 is 35.6. The summed E-state index contributed by atoms with van der Waals surface area (Å²) in [5.74, 6) is 1.04. The van der Waals surface area contributed by atoms with Crippen molar-refractivity contribution in [2.75, 3.05) is 31.1 Å². The van der Waals surface area contributed by atoms with Crippen LogP contribution in [0.15, 0.2) is 0 Å². The van der Waals surface area contributed by atoms with Gasteiger partial charge < -0.3 is 4.90 Å². The van der Waals surface area contributed by atoms with Gasteiger partial charge in [-0.05, 0) is 25.9 Å². The number of nitrogens with zero attached hydrogens (tertiary/aromatic N) is 1. The highest BCUT2D eigenvalue weighted by atomic mass is 32.2. The topological polar surface area (TPSA) is 3.24 Å².